The zero-order chi connectivity index (χ0) is 32.6. The van der Waals surface area contributed by atoms with Gasteiger partial charge in [-0.15, -0.1) is 0 Å². The summed E-state index contributed by atoms with van der Waals surface area (Å²) >= 11 is 0. The standard InChI is InChI=1S/C21H28F2N2.C14H14.2C2H6/c1-14(2)17-13-25(10-9-20(17)24-15(3)4)12-16-7-8-19(22)18(11-16)21(5,6)23;1-12(13-8-4-2-5-9-13)14-10-6-3-7-11-14;2*1-2/h7-8,11H,1,9-10,12-13H2,2-6H3;2-12H,1H3;2*1-2H3. The second-order valence-electron chi connectivity index (χ2n) is 11.1. The molecule has 0 aliphatic carbocycles. The van der Waals surface area contributed by atoms with Crippen molar-refractivity contribution in [1.29, 1.82) is 0 Å². The average Bonchev–Trinajstić information content (AvgIpc) is 3.01. The number of hydrogen-bond donors (Lipinski definition) is 0. The Morgan fingerprint density at radius 2 is 1.40 bits per heavy atom. The lowest BCUT2D eigenvalue weighted by atomic mass is 9.93. The molecule has 43 heavy (non-hydrogen) atoms. The summed E-state index contributed by atoms with van der Waals surface area (Å²) in [6.07, 6.45) is 0.857. The molecule has 0 atom stereocenters. The van der Waals surface area contributed by atoms with E-state index in [9.17, 15) is 8.78 Å². The minimum atomic E-state index is -1.69. The van der Waals surface area contributed by atoms with Crippen LogP contribution in [0.5, 0.6) is 0 Å². The molecule has 0 N–H and O–H groups in total. The summed E-state index contributed by atoms with van der Waals surface area (Å²) in [5, 5.41) is 0. The Balaban J connectivity index is 0.000000432. The molecule has 0 saturated carbocycles. The lowest BCUT2D eigenvalue weighted by Gasteiger charge is -2.30. The van der Waals surface area contributed by atoms with Gasteiger partial charge in [0.2, 0.25) is 0 Å². The summed E-state index contributed by atoms with van der Waals surface area (Å²) in [6.45, 7) is 25.4. The largest absolute Gasteiger partial charge is 0.294 e. The van der Waals surface area contributed by atoms with Crippen molar-refractivity contribution in [3.05, 3.63) is 130 Å². The van der Waals surface area contributed by atoms with E-state index in [1.807, 2.05) is 48.5 Å². The van der Waals surface area contributed by atoms with E-state index in [-0.39, 0.29) is 5.56 Å². The highest BCUT2D eigenvalue weighted by atomic mass is 19.1. The highest BCUT2D eigenvalue weighted by molar-refractivity contribution is 5.80. The molecule has 1 heterocycles. The number of rotatable bonds is 7. The third kappa shape index (κ3) is 12.4. The molecule has 2 nitrogen and oxygen atoms in total. The van der Waals surface area contributed by atoms with Gasteiger partial charge in [-0.1, -0.05) is 114 Å². The van der Waals surface area contributed by atoms with E-state index in [0.717, 1.165) is 42.1 Å². The minimum absolute atomic E-state index is 0.115. The Kier molecular flexibility index (Phi) is 16.7. The van der Waals surface area contributed by atoms with Crippen LogP contribution in [0.25, 0.3) is 0 Å². The van der Waals surface area contributed by atoms with Gasteiger partial charge in [0.05, 0.1) is 0 Å². The SMILES string of the molecule is C=C(C)C1=C(N=C(C)C)CCN(Cc2ccc(F)c(C(C)(C)F)c2)C1.CC.CC.CC(c1ccccc1)c1ccccc1. The van der Waals surface area contributed by atoms with Gasteiger partial charge in [-0.3, -0.25) is 9.89 Å². The first-order valence-corrected chi connectivity index (χ1v) is 15.7. The maximum atomic E-state index is 14.2. The summed E-state index contributed by atoms with van der Waals surface area (Å²) < 4.78 is 28.1. The van der Waals surface area contributed by atoms with Gasteiger partial charge in [-0.25, -0.2) is 8.78 Å². The molecule has 1 aliphatic rings. The molecule has 0 fully saturated rings. The van der Waals surface area contributed by atoms with Crippen LogP contribution in [0.2, 0.25) is 0 Å². The summed E-state index contributed by atoms with van der Waals surface area (Å²) in [4.78, 5) is 6.92. The fourth-order valence-corrected chi connectivity index (χ4v) is 4.78. The molecule has 1 aliphatic heterocycles. The van der Waals surface area contributed by atoms with Crippen molar-refractivity contribution in [3.63, 3.8) is 0 Å². The second-order valence-corrected chi connectivity index (χ2v) is 11.1. The van der Waals surface area contributed by atoms with Crippen LogP contribution < -0.4 is 0 Å². The van der Waals surface area contributed by atoms with E-state index < -0.39 is 11.5 Å². The summed E-state index contributed by atoms with van der Waals surface area (Å²) in [7, 11) is 0. The first kappa shape index (κ1) is 37.7. The van der Waals surface area contributed by atoms with E-state index >= 15 is 0 Å². The molecular weight excluding hydrogens is 534 g/mol. The zero-order valence-electron chi connectivity index (χ0n) is 28.3. The topological polar surface area (TPSA) is 15.6 Å². The maximum absolute atomic E-state index is 14.2. The van der Waals surface area contributed by atoms with Gasteiger partial charge in [-0.2, -0.15) is 0 Å². The maximum Gasteiger partial charge on any atom is 0.133 e. The van der Waals surface area contributed by atoms with Crippen LogP contribution in [-0.4, -0.2) is 23.7 Å². The quantitative estimate of drug-likeness (QED) is 0.251. The van der Waals surface area contributed by atoms with Gasteiger partial charge in [0, 0.05) is 48.9 Å². The number of nitrogens with zero attached hydrogens (tertiary/aromatic N) is 2. The molecule has 234 valence electrons. The highest BCUT2D eigenvalue weighted by Crippen LogP contribution is 2.30. The normalized spacial score (nSPS) is 13.0. The van der Waals surface area contributed by atoms with Crippen molar-refractivity contribution >= 4 is 5.71 Å². The van der Waals surface area contributed by atoms with Crippen LogP contribution in [0, 0.1) is 5.82 Å². The average molecular weight is 589 g/mol. The van der Waals surface area contributed by atoms with Gasteiger partial charge in [0.15, 0.2) is 0 Å². The van der Waals surface area contributed by atoms with Gasteiger partial charge >= 0.3 is 0 Å². The Hall–Kier alpha value is -3.37. The number of halogens is 2. The number of benzene rings is 3. The molecule has 0 unspecified atom stereocenters. The molecule has 0 bridgehead atoms. The van der Waals surface area contributed by atoms with Crippen molar-refractivity contribution in [2.24, 2.45) is 4.99 Å². The number of alkyl halides is 1. The van der Waals surface area contributed by atoms with E-state index in [4.69, 9.17) is 0 Å². The number of hydrogen-bond acceptors (Lipinski definition) is 2. The van der Waals surface area contributed by atoms with Crippen molar-refractivity contribution in [2.45, 2.75) is 93.8 Å². The molecule has 3 aromatic carbocycles. The predicted molar refractivity (Wildman–Crippen MR) is 184 cm³/mol. The van der Waals surface area contributed by atoms with Crippen molar-refractivity contribution in [1.82, 2.24) is 4.90 Å². The van der Waals surface area contributed by atoms with Crippen LogP contribution in [-0.2, 0) is 12.2 Å². The van der Waals surface area contributed by atoms with Gasteiger partial charge in [0.1, 0.15) is 11.5 Å². The third-order valence-electron chi connectivity index (χ3n) is 6.95. The molecule has 4 heteroatoms. The fraction of sp³-hybridized carbons (Fsp3) is 0.410. The minimum Gasteiger partial charge on any atom is -0.294 e. The van der Waals surface area contributed by atoms with E-state index in [2.05, 4.69) is 84.1 Å². The van der Waals surface area contributed by atoms with Crippen molar-refractivity contribution in [2.75, 3.05) is 13.1 Å². The summed E-state index contributed by atoms with van der Waals surface area (Å²) in [5.74, 6) is -0.00939. The molecule has 0 aromatic heterocycles. The Labute approximate surface area is 261 Å². The molecule has 0 amide bonds. The number of aliphatic imine (C=N–C) groups is 1. The Bertz CT molecular complexity index is 1260. The van der Waals surface area contributed by atoms with E-state index in [1.165, 1.54) is 36.6 Å². The molecule has 3 aromatic rings. The molecular formula is C39H54F2N2. The smallest absolute Gasteiger partial charge is 0.133 e. The predicted octanol–water partition coefficient (Wildman–Crippen LogP) is 11.4. The second kappa shape index (κ2) is 19.0. The van der Waals surface area contributed by atoms with Gasteiger partial charge in [-0.05, 0) is 69.0 Å². The van der Waals surface area contributed by atoms with Crippen LogP contribution >= 0.6 is 0 Å². The zero-order valence-corrected chi connectivity index (χ0v) is 28.3. The van der Waals surface area contributed by atoms with Crippen LogP contribution in [0.3, 0.4) is 0 Å². The Morgan fingerprint density at radius 3 is 1.84 bits per heavy atom. The van der Waals surface area contributed by atoms with Crippen LogP contribution in [0.15, 0.2) is 107 Å². The molecule has 0 spiro atoms. The van der Waals surface area contributed by atoms with E-state index in [1.54, 1.807) is 12.1 Å². The molecule has 0 saturated heterocycles. The van der Waals surface area contributed by atoms with E-state index in [0.29, 0.717) is 12.5 Å². The molecule has 0 radical (unpaired) electrons. The van der Waals surface area contributed by atoms with Crippen LogP contribution in [0.1, 0.15) is 104 Å². The van der Waals surface area contributed by atoms with Crippen molar-refractivity contribution in [3.8, 4) is 0 Å². The summed E-state index contributed by atoms with van der Waals surface area (Å²) in [6, 6.07) is 25.9. The highest BCUT2D eigenvalue weighted by Gasteiger charge is 2.24. The van der Waals surface area contributed by atoms with Gasteiger partial charge < -0.3 is 0 Å². The summed E-state index contributed by atoms with van der Waals surface area (Å²) in [5.41, 5.74) is 6.42. The lowest BCUT2D eigenvalue weighted by Crippen LogP contribution is -2.31. The lowest BCUT2D eigenvalue weighted by molar-refractivity contribution is 0.213. The fourth-order valence-electron chi connectivity index (χ4n) is 4.78. The third-order valence-corrected chi connectivity index (χ3v) is 6.95. The first-order chi connectivity index (χ1) is 20.5. The Morgan fingerprint density at radius 1 is 0.884 bits per heavy atom. The van der Waals surface area contributed by atoms with Gasteiger partial charge in [0.25, 0.3) is 0 Å². The monoisotopic (exact) mass is 588 g/mol. The molecule has 4 rings (SSSR count). The first-order valence-electron chi connectivity index (χ1n) is 15.7. The van der Waals surface area contributed by atoms with Crippen LogP contribution in [0.4, 0.5) is 8.78 Å². The van der Waals surface area contributed by atoms with Crippen molar-refractivity contribution < 1.29 is 8.78 Å².